The molecular weight excluding hydrogens is 268 g/mol. The first kappa shape index (κ1) is 14.1. The van der Waals surface area contributed by atoms with Crippen molar-refractivity contribution < 1.29 is 9.59 Å². The van der Waals surface area contributed by atoms with E-state index in [0.29, 0.717) is 19.0 Å². The van der Waals surface area contributed by atoms with E-state index in [9.17, 15) is 9.59 Å². The van der Waals surface area contributed by atoms with Crippen molar-refractivity contribution in [3.63, 3.8) is 0 Å². The van der Waals surface area contributed by atoms with Crippen LogP contribution < -0.4 is 5.32 Å². The molecule has 0 atom stereocenters. The summed E-state index contributed by atoms with van der Waals surface area (Å²) in [5, 5.41) is 2.51. The van der Waals surface area contributed by atoms with E-state index < -0.39 is 5.54 Å². The van der Waals surface area contributed by atoms with Crippen LogP contribution in [0.4, 0.5) is 4.79 Å². The first-order valence-corrected chi connectivity index (χ1v) is 7.64. The molecule has 2 heterocycles. The molecular formula is C15H22N4O2. The van der Waals surface area contributed by atoms with Gasteiger partial charge in [0.05, 0.1) is 0 Å². The molecule has 0 radical (unpaired) electrons. The van der Waals surface area contributed by atoms with Crippen LogP contribution in [0.15, 0.2) is 12.4 Å². The molecule has 0 unspecified atom stereocenters. The highest BCUT2D eigenvalue weighted by Gasteiger charge is 2.53. The smallest absolute Gasteiger partial charge is 0.325 e. The second-order valence-electron chi connectivity index (χ2n) is 6.29. The Morgan fingerprint density at radius 3 is 2.67 bits per heavy atom. The van der Waals surface area contributed by atoms with Crippen molar-refractivity contribution in [1.82, 2.24) is 19.8 Å². The normalized spacial score (nSPS) is 29.2. The molecule has 114 valence electrons. The monoisotopic (exact) mass is 290 g/mol. The molecule has 1 aliphatic heterocycles. The van der Waals surface area contributed by atoms with Gasteiger partial charge in [-0.25, -0.2) is 9.78 Å². The number of nitrogens with one attached hydrogen (secondary N) is 1. The predicted molar refractivity (Wildman–Crippen MR) is 77.6 cm³/mol. The highest BCUT2D eigenvalue weighted by Crippen LogP contribution is 2.39. The van der Waals surface area contributed by atoms with E-state index in [1.165, 1.54) is 0 Å². The fourth-order valence-corrected chi connectivity index (χ4v) is 3.50. The largest absolute Gasteiger partial charge is 0.333 e. The Labute approximate surface area is 124 Å². The maximum Gasteiger partial charge on any atom is 0.325 e. The van der Waals surface area contributed by atoms with Gasteiger partial charge in [-0.1, -0.05) is 6.92 Å². The van der Waals surface area contributed by atoms with E-state index >= 15 is 0 Å². The Morgan fingerprint density at radius 2 is 2.05 bits per heavy atom. The lowest BCUT2D eigenvalue weighted by Gasteiger charge is -2.40. The second-order valence-corrected chi connectivity index (χ2v) is 6.29. The number of aryl methyl sites for hydroxylation is 1. The van der Waals surface area contributed by atoms with E-state index in [1.54, 1.807) is 11.1 Å². The van der Waals surface area contributed by atoms with Gasteiger partial charge in [0.1, 0.15) is 11.4 Å². The summed E-state index contributed by atoms with van der Waals surface area (Å²) in [6.07, 6.45) is 7.20. The van der Waals surface area contributed by atoms with Crippen molar-refractivity contribution in [3.8, 4) is 0 Å². The summed E-state index contributed by atoms with van der Waals surface area (Å²) in [5.74, 6) is 1.45. The topological polar surface area (TPSA) is 67.2 Å². The van der Waals surface area contributed by atoms with Crippen LogP contribution in [0.5, 0.6) is 0 Å². The minimum absolute atomic E-state index is 0.109. The number of imidazole rings is 1. The number of imide groups is 1. The number of amides is 3. The number of urea groups is 1. The lowest BCUT2D eigenvalue weighted by Crippen LogP contribution is -2.52. The van der Waals surface area contributed by atoms with Gasteiger partial charge in [-0.15, -0.1) is 0 Å². The number of nitrogens with zero attached hydrogens (tertiary/aromatic N) is 3. The Hall–Kier alpha value is -1.85. The average Bonchev–Trinajstić information content (AvgIpc) is 2.95. The van der Waals surface area contributed by atoms with Crippen molar-refractivity contribution >= 4 is 11.9 Å². The van der Waals surface area contributed by atoms with Crippen LogP contribution in [0, 0.1) is 12.8 Å². The Balaban J connectivity index is 1.76. The van der Waals surface area contributed by atoms with Gasteiger partial charge in [-0.05, 0) is 38.5 Å². The van der Waals surface area contributed by atoms with Gasteiger partial charge in [-0.2, -0.15) is 0 Å². The third kappa shape index (κ3) is 2.32. The molecule has 1 spiro atoms. The van der Waals surface area contributed by atoms with Crippen LogP contribution in [0.2, 0.25) is 0 Å². The molecule has 1 aromatic heterocycles. The van der Waals surface area contributed by atoms with Crippen LogP contribution in [0.1, 0.15) is 38.4 Å². The second kappa shape index (κ2) is 5.16. The van der Waals surface area contributed by atoms with Crippen LogP contribution in [0.25, 0.3) is 0 Å². The first-order valence-electron chi connectivity index (χ1n) is 7.64. The number of hydrogen-bond acceptors (Lipinski definition) is 3. The van der Waals surface area contributed by atoms with Gasteiger partial charge in [0.2, 0.25) is 0 Å². The number of carbonyl (C=O) groups excluding carboxylic acids is 2. The number of carbonyl (C=O) groups is 2. The molecule has 1 aliphatic carbocycles. The summed E-state index contributed by atoms with van der Waals surface area (Å²) in [6, 6.07) is -0.243. The SMILES string of the molecule is Cc1nccn1CCN1C(=O)NC(=O)C12CCC(C)CC2. The van der Waals surface area contributed by atoms with Gasteiger partial charge >= 0.3 is 6.03 Å². The molecule has 3 rings (SSSR count). The van der Waals surface area contributed by atoms with Gasteiger partial charge in [-0.3, -0.25) is 10.1 Å². The quantitative estimate of drug-likeness (QED) is 0.861. The summed E-state index contributed by atoms with van der Waals surface area (Å²) in [4.78, 5) is 30.4. The van der Waals surface area contributed by atoms with E-state index in [-0.39, 0.29) is 11.9 Å². The van der Waals surface area contributed by atoms with Gasteiger partial charge < -0.3 is 9.47 Å². The van der Waals surface area contributed by atoms with Crippen molar-refractivity contribution in [2.45, 2.75) is 51.6 Å². The summed E-state index contributed by atoms with van der Waals surface area (Å²) < 4.78 is 2.01. The lowest BCUT2D eigenvalue weighted by atomic mass is 9.76. The molecule has 6 nitrogen and oxygen atoms in total. The number of hydrogen-bond donors (Lipinski definition) is 1. The lowest BCUT2D eigenvalue weighted by molar-refractivity contribution is -0.128. The average molecular weight is 290 g/mol. The maximum atomic E-state index is 12.3. The molecule has 0 aromatic carbocycles. The third-order valence-electron chi connectivity index (χ3n) is 4.99. The zero-order valence-electron chi connectivity index (χ0n) is 12.6. The number of rotatable bonds is 3. The minimum atomic E-state index is -0.613. The number of aromatic nitrogens is 2. The summed E-state index contributed by atoms with van der Waals surface area (Å²) >= 11 is 0. The molecule has 1 aromatic rings. The van der Waals surface area contributed by atoms with Crippen LogP contribution in [-0.4, -0.2) is 38.5 Å². The van der Waals surface area contributed by atoms with Crippen LogP contribution >= 0.6 is 0 Å². The Morgan fingerprint density at radius 1 is 1.33 bits per heavy atom. The summed E-state index contributed by atoms with van der Waals surface area (Å²) in [6.45, 7) is 5.36. The van der Waals surface area contributed by atoms with E-state index in [4.69, 9.17) is 0 Å². The first-order chi connectivity index (χ1) is 10.0. The molecule has 21 heavy (non-hydrogen) atoms. The predicted octanol–water partition coefficient (Wildman–Crippen LogP) is 1.69. The van der Waals surface area contributed by atoms with Gasteiger partial charge in [0.15, 0.2) is 0 Å². The van der Waals surface area contributed by atoms with E-state index in [1.807, 2.05) is 17.7 Å². The standard InChI is InChI=1S/C15H22N4O2/c1-11-3-5-15(6-4-11)13(20)17-14(21)19(15)10-9-18-8-7-16-12(18)2/h7-8,11H,3-6,9-10H2,1-2H3,(H,17,20,21). The zero-order valence-corrected chi connectivity index (χ0v) is 12.6. The van der Waals surface area contributed by atoms with Crippen LogP contribution in [-0.2, 0) is 11.3 Å². The van der Waals surface area contributed by atoms with E-state index in [2.05, 4.69) is 17.2 Å². The molecule has 2 aliphatic rings. The highest BCUT2D eigenvalue weighted by atomic mass is 16.2. The highest BCUT2D eigenvalue weighted by molar-refractivity contribution is 6.07. The zero-order chi connectivity index (χ0) is 15.0. The third-order valence-corrected chi connectivity index (χ3v) is 4.99. The fourth-order valence-electron chi connectivity index (χ4n) is 3.50. The fraction of sp³-hybridized carbons (Fsp3) is 0.667. The summed E-state index contributed by atoms with van der Waals surface area (Å²) in [5.41, 5.74) is -0.613. The van der Waals surface area contributed by atoms with Crippen molar-refractivity contribution in [2.24, 2.45) is 5.92 Å². The molecule has 6 heteroatoms. The molecule has 1 saturated carbocycles. The molecule has 1 N–H and O–H groups in total. The molecule has 1 saturated heterocycles. The molecule has 0 bridgehead atoms. The van der Waals surface area contributed by atoms with Gasteiger partial charge in [0.25, 0.3) is 5.91 Å². The Kier molecular flexibility index (Phi) is 3.47. The molecule has 2 fully saturated rings. The molecule has 3 amide bonds. The van der Waals surface area contributed by atoms with Crippen LogP contribution in [0.3, 0.4) is 0 Å². The van der Waals surface area contributed by atoms with Crippen molar-refractivity contribution in [2.75, 3.05) is 6.54 Å². The van der Waals surface area contributed by atoms with E-state index in [0.717, 1.165) is 31.5 Å². The minimum Gasteiger partial charge on any atom is -0.333 e. The Bertz CT molecular complexity index is 558. The van der Waals surface area contributed by atoms with Crippen molar-refractivity contribution in [1.29, 1.82) is 0 Å². The van der Waals surface area contributed by atoms with Crippen molar-refractivity contribution in [3.05, 3.63) is 18.2 Å². The maximum absolute atomic E-state index is 12.3. The summed E-state index contributed by atoms with van der Waals surface area (Å²) in [7, 11) is 0. The van der Waals surface area contributed by atoms with Gasteiger partial charge in [0, 0.05) is 25.5 Å².